The van der Waals surface area contributed by atoms with E-state index in [4.69, 9.17) is 0 Å². The zero-order chi connectivity index (χ0) is 19.5. The van der Waals surface area contributed by atoms with Gasteiger partial charge in [-0.25, -0.2) is 4.98 Å². The number of rotatable bonds is 6. The summed E-state index contributed by atoms with van der Waals surface area (Å²) in [7, 11) is 0. The molecule has 2 aromatic carbocycles. The average Bonchev–Trinajstić information content (AvgIpc) is 3.03. The van der Waals surface area contributed by atoms with Crippen LogP contribution in [0.15, 0.2) is 59.5 Å². The van der Waals surface area contributed by atoms with Gasteiger partial charge in [0, 0.05) is 24.9 Å². The number of aryl methyl sites for hydroxylation is 2. The summed E-state index contributed by atoms with van der Waals surface area (Å²) in [6.45, 7) is 3.57. The summed E-state index contributed by atoms with van der Waals surface area (Å²) in [4.78, 5) is 28.7. The molecule has 0 radical (unpaired) electrons. The van der Waals surface area contributed by atoms with E-state index in [-0.39, 0.29) is 11.3 Å². The van der Waals surface area contributed by atoms with Crippen LogP contribution in [-0.4, -0.2) is 31.8 Å². The first-order chi connectivity index (χ1) is 13.6. The summed E-state index contributed by atoms with van der Waals surface area (Å²) in [5.41, 5.74) is 2.66. The van der Waals surface area contributed by atoms with Gasteiger partial charge in [-0.3, -0.25) is 14.3 Å². The number of nitrogens with one attached hydrogen (secondary N) is 1. The van der Waals surface area contributed by atoms with Crippen LogP contribution in [0.3, 0.4) is 0 Å². The molecule has 0 aliphatic heterocycles. The number of hydrogen-bond acceptors (Lipinski definition) is 4. The molecule has 0 aliphatic carbocycles. The maximum absolute atomic E-state index is 12.3. The summed E-state index contributed by atoms with van der Waals surface area (Å²) in [5, 5.41) is 7.72. The predicted molar refractivity (Wildman–Crippen MR) is 108 cm³/mol. The number of imidazole rings is 1. The van der Waals surface area contributed by atoms with Gasteiger partial charge >= 0.3 is 0 Å². The molecule has 0 saturated carbocycles. The molecule has 0 spiro atoms. The first-order valence-corrected chi connectivity index (χ1v) is 9.27. The quantitative estimate of drug-likeness (QED) is 0.560. The Labute approximate surface area is 161 Å². The number of nitrogens with zero attached hydrogens (tertiary/aromatic N) is 4. The van der Waals surface area contributed by atoms with E-state index < -0.39 is 0 Å². The molecule has 0 fully saturated rings. The number of benzene rings is 2. The molecule has 2 heterocycles. The van der Waals surface area contributed by atoms with Crippen molar-refractivity contribution in [2.45, 2.75) is 26.4 Å². The predicted octanol–water partition coefficient (Wildman–Crippen LogP) is 2.26. The first-order valence-electron chi connectivity index (χ1n) is 9.27. The molecule has 142 valence electrons. The molecule has 4 aromatic rings. The van der Waals surface area contributed by atoms with Crippen LogP contribution in [0.5, 0.6) is 0 Å². The second-order valence-electron chi connectivity index (χ2n) is 6.65. The summed E-state index contributed by atoms with van der Waals surface area (Å²) in [6.07, 6.45) is 1.59. The van der Waals surface area contributed by atoms with E-state index in [0.29, 0.717) is 31.4 Å². The van der Waals surface area contributed by atoms with Gasteiger partial charge in [-0.05, 0) is 31.2 Å². The molecule has 1 N–H and O–H groups in total. The molecule has 0 bridgehead atoms. The van der Waals surface area contributed by atoms with Gasteiger partial charge < -0.3 is 9.88 Å². The number of fused-ring (bicyclic) bond motifs is 2. The number of amides is 1. The Morgan fingerprint density at radius 1 is 1.04 bits per heavy atom. The van der Waals surface area contributed by atoms with E-state index in [9.17, 15) is 9.59 Å². The van der Waals surface area contributed by atoms with E-state index in [0.717, 1.165) is 22.4 Å². The van der Waals surface area contributed by atoms with E-state index in [1.807, 2.05) is 49.4 Å². The average molecular weight is 375 g/mol. The summed E-state index contributed by atoms with van der Waals surface area (Å²) >= 11 is 0. The second kappa shape index (κ2) is 7.64. The van der Waals surface area contributed by atoms with Crippen molar-refractivity contribution in [3.8, 4) is 0 Å². The normalized spacial score (nSPS) is 11.2. The summed E-state index contributed by atoms with van der Waals surface area (Å²) in [6, 6.07) is 15.3. The van der Waals surface area contributed by atoms with Gasteiger partial charge in [0.1, 0.15) is 5.82 Å². The smallest absolute Gasteiger partial charge is 0.221 e. The van der Waals surface area contributed by atoms with Crippen LogP contribution in [0.1, 0.15) is 12.2 Å². The molecule has 4 rings (SSSR count). The minimum absolute atomic E-state index is 0.0494. The zero-order valence-electron chi connectivity index (χ0n) is 15.6. The van der Waals surface area contributed by atoms with Crippen molar-refractivity contribution in [3.05, 3.63) is 70.8 Å². The third-order valence-corrected chi connectivity index (χ3v) is 4.82. The van der Waals surface area contributed by atoms with Gasteiger partial charge in [-0.1, -0.05) is 24.3 Å². The van der Waals surface area contributed by atoms with Gasteiger partial charge in [0.15, 0.2) is 0 Å². The highest BCUT2D eigenvalue weighted by molar-refractivity contribution is 5.79. The fraction of sp³-hybridized carbons (Fsp3) is 0.238. The van der Waals surface area contributed by atoms with Crippen molar-refractivity contribution >= 4 is 27.8 Å². The molecule has 28 heavy (non-hydrogen) atoms. The lowest BCUT2D eigenvalue weighted by Crippen LogP contribution is -2.28. The van der Waals surface area contributed by atoms with Gasteiger partial charge in [0.25, 0.3) is 0 Å². The Morgan fingerprint density at radius 2 is 1.79 bits per heavy atom. The standard InChI is InChI=1S/C21H21N5O2/c1-15-24-17-7-3-5-9-19(17)25(15)13-11-22-21(28)10-12-26-18-8-4-2-6-16(18)20(27)14-23-26/h2-9,14H,10-13H2,1H3,(H,22,28). The van der Waals surface area contributed by atoms with Crippen LogP contribution in [0.4, 0.5) is 0 Å². The van der Waals surface area contributed by atoms with Gasteiger partial charge in [-0.2, -0.15) is 5.10 Å². The van der Waals surface area contributed by atoms with E-state index in [2.05, 4.69) is 20.0 Å². The SMILES string of the molecule is Cc1nc2ccccc2n1CCNC(=O)CCn1ncc(=O)c2ccccc21. The van der Waals surface area contributed by atoms with Crippen LogP contribution in [0.2, 0.25) is 0 Å². The third-order valence-electron chi connectivity index (χ3n) is 4.82. The summed E-state index contributed by atoms with van der Waals surface area (Å²) in [5.74, 6) is 0.881. The molecule has 0 atom stereocenters. The maximum atomic E-state index is 12.3. The van der Waals surface area contributed by atoms with E-state index in [1.54, 1.807) is 10.7 Å². The Kier molecular flexibility index (Phi) is 4.89. The second-order valence-corrected chi connectivity index (χ2v) is 6.65. The van der Waals surface area contributed by atoms with Gasteiger partial charge in [0.05, 0.1) is 29.3 Å². The van der Waals surface area contributed by atoms with Crippen molar-refractivity contribution in [1.29, 1.82) is 0 Å². The highest BCUT2D eigenvalue weighted by Gasteiger charge is 2.08. The van der Waals surface area contributed by atoms with Crippen LogP contribution < -0.4 is 10.7 Å². The highest BCUT2D eigenvalue weighted by atomic mass is 16.1. The largest absolute Gasteiger partial charge is 0.354 e. The fourth-order valence-electron chi connectivity index (χ4n) is 3.42. The fourth-order valence-corrected chi connectivity index (χ4v) is 3.42. The first kappa shape index (κ1) is 17.9. The van der Waals surface area contributed by atoms with Crippen LogP contribution in [0.25, 0.3) is 21.9 Å². The third kappa shape index (κ3) is 3.51. The number of carbonyl (C=O) groups excluding carboxylic acids is 1. The molecule has 0 aliphatic rings. The highest BCUT2D eigenvalue weighted by Crippen LogP contribution is 2.14. The van der Waals surface area contributed by atoms with Crippen LogP contribution >= 0.6 is 0 Å². The molecular weight excluding hydrogens is 354 g/mol. The van der Waals surface area contributed by atoms with E-state index in [1.165, 1.54) is 6.20 Å². The molecule has 0 unspecified atom stereocenters. The minimum Gasteiger partial charge on any atom is -0.354 e. The lowest BCUT2D eigenvalue weighted by molar-refractivity contribution is -0.121. The molecule has 1 amide bonds. The summed E-state index contributed by atoms with van der Waals surface area (Å²) < 4.78 is 3.80. The molecule has 7 heteroatoms. The lowest BCUT2D eigenvalue weighted by atomic mass is 10.2. The van der Waals surface area contributed by atoms with Crippen molar-refractivity contribution in [3.63, 3.8) is 0 Å². The number of aromatic nitrogens is 4. The van der Waals surface area contributed by atoms with Gasteiger partial charge in [-0.15, -0.1) is 0 Å². The number of carbonyl (C=O) groups is 1. The zero-order valence-corrected chi connectivity index (χ0v) is 15.6. The van der Waals surface area contributed by atoms with E-state index >= 15 is 0 Å². The number of hydrogen-bond donors (Lipinski definition) is 1. The van der Waals surface area contributed by atoms with Crippen molar-refractivity contribution in [1.82, 2.24) is 24.6 Å². The topological polar surface area (TPSA) is 81.8 Å². The van der Waals surface area contributed by atoms with Crippen molar-refractivity contribution < 1.29 is 4.79 Å². The molecule has 0 saturated heterocycles. The Hall–Kier alpha value is -3.48. The Balaban J connectivity index is 1.36. The molecular formula is C21H21N5O2. The Bertz CT molecular complexity index is 1210. The monoisotopic (exact) mass is 375 g/mol. The molecule has 2 aromatic heterocycles. The van der Waals surface area contributed by atoms with Crippen LogP contribution in [0, 0.1) is 6.92 Å². The van der Waals surface area contributed by atoms with Crippen molar-refractivity contribution in [2.24, 2.45) is 0 Å². The molecule has 7 nitrogen and oxygen atoms in total. The lowest BCUT2D eigenvalue weighted by Gasteiger charge is -2.10. The van der Waals surface area contributed by atoms with Gasteiger partial charge in [0.2, 0.25) is 11.3 Å². The minimum atomic E-state index is -0.112. The number of para-hydroxylation sites is 3. The van der Waals surface area contributed by atoms with Crippen molar-refractivity contribution in [2.75, 3.05) is 6.54 Å². The maximum Gasteiger partial charge on any atom is 0.221 e. The van der Waals surface area contributed by atoms with Crippen LogP contribution in [-0.2, 0) is 17.9 Å². The Morgan fingerprint density at radius 3 is 2.64 bits per heavy atom.